The lowest BCUT2D eigenvalue weighted by Crippen LogP contribution is -2.43. The zero-order valence-corrected chi connectivity index (χ0v) is 14.6. The maximum absolute atomic E-state index is 12.8. The molecule has 1 aliphatic heterocycles. The van der Waals surface area contributed by atoms with Crippen LogP contribution in [0.1, 0.15) is 44.9 Å². The maximum atomic E-state index is 12.8. The SMILES string of the molecule is O=C(Nc1ccc(-n2cccn2)cc1)N1CCCC1C1CCCCC1. The van der Waals surface area contributed by atoms with Gasteiger partial charge < -0.3 is 10.2 Å². The number of anilines is 1. The van der Waals surface area contributed by atoms with E-state index in [0.717, 1.165) is 30.8 Å². The molecule has 1 aliphatic carbocycles. The first-order chi connectivity index (χ1) is 12.3. The Kier molecular flexibility index (Phi) is 4.72. The van der Waals surface area contributed by atoms with Crippen molar-refractivity contribution in [2.24, 2.45) is 5.92 Å². The van der Waals surface area contributed by atoms with E-state index in [9.17, 15) is 4.79 Å². The van der Waals surface area contributed by atoms with Gasteiger partial charge in [-0.15, -0.1) is 0 Å². The van der Waals surface area contributed by atoms with E-state index < -0.39 is 0 Å². The zero-order chi connectivity index (χ0) is 17.1. The minimum atomic E-state index is 0.0555. The van der Waals surface area contributed by atoms with E-state index in [1.807, 2.05) is 41.2 Å². The lowest BCUT2D eigenvalue weighted by molar-refractivity contribution is 0.166. The van der Waals surface area contributed by atoms with Gasteiger partial charge >= 0.3 is 6.03 Å². The normalized spacial score (nSPS) is 21.4. The van der Waals surface area contributed by atoms with Crippen molar-refractivity contribution < 1.29 is 4.79 Å². The van der Waals surface area contributed by atoms with Crippen LogP contribution in [-0.4, -0.2) is 33.3 Å². The number of likely N-dealkylation sites (tertiary alicyclic amines) is 1. The summed E-state index contributed by atoms with van der Waals surface area (Å²) >= 11 is 0. The molecule has 2 amide bonds. The van der Waals surface area contributed by atoms with E-state index in [1.165, 1.54) is 32.1 Å². The second-order valence-corrected chi connectivity index (χ2v) is 7.23. The van der Waals surface area contributed by atoms with Crippen LogP contribution in [0, 0.1) is 5.92 Å². The number of carbonyl (C=O) groups excluding carboxylic acids is 1. The molecule has 1 N–H and O–H groups in total. The monoisotopic (exact) mass is 338 g/mol. The first-order valence-electron chi connectivity index (χ1n) is 9.49. The molecule has 2 fully saturated rings. The highest BCUT2D eigenvalue weighted by atomic mass is 16.2. The lowest BCUT2D eigenvalue weighted by Gasteiger charge is -2.34. The summed E-state index contributed by atoms with van der Waals surface area (Å²) < 4.78 is 1.81. The van der Waals surface area contributed by atoms with E-state index in [0.29, 0.717) is 12.0 Å². The molecule has 1 atom stereocenters. The third-order valence-electron chi connectivity index (χ3n) is 5.64. The molecule has 5 heteroatoms. The number of amides is 2. The summed E-state index contributed by atoms with van der Waals surface area (Å²) in [4.78, 5) is 14.9. The van der Waals surface area contributed by atoms with Crippen LogP contribution in [0.3, 0.4) is 0 Å². The second kappa shape index (κ2) is 7.30. The fourth-order valence-electron chi connectivity index (χ4n) is 4.37. The Morgan fingerprint density at radius 3 is 2.56 bits per heavy atom. The van der Waals surface area contributed by atoms with Crippen molar-refractivity contribution in [1.29, 1.82) is 0 Å². The Hall–Kier alpha value is -2.30. The van der Waals surface area contributed by atoms with Crippen molar-refractivity contribution in [1.82, 2.24) is 14.7 Å². The molecule has 25 heavy (non-hydrogen) atoms. The summed E-state index contributed by atoms with van der Waals surface area (Å²) in [6.07, 6.45) is 12.5. The molecule has 2 aromatic rings. The first-order valence-corrected chi connectivity index (χ1v) is 9.49. The Labute approximate surface area is 149 Å². The first kappa shape index (κ1) is 16.2. The average molecular weight is 338 g/mol. The van der Waals surface area contributed by atoms with Crippen LogP contribution in [0.5, 0.6) is 0 Å². The van der Waals surface area contributed by atoms with Crippen LogP contribution in [-0.2, 0) is 0 Å². The molecular weight excluding hydrogens is 312 g/mol. The topological polar surface area (TPSA) is 50.2 Å². The number of carbonyl (C=O) groups is 1. The molecule has 0 radical (unpaired) electrons. The van der Waals surface area contributed by atoms with E-state index in [-0.39, 0.29) is 6.03 Å². The average Bonchev–Trinajstić information content (AvgIpc) is 3.35. The highest BCUT2D eigenvalue weighted by Gasteiger charge is 2.35. The molecule has 1 aromatic heterocycles. The van der Waals surface area contributed by atoms with Gasteiger partial charge in [-0.3, -0.25) is 0 Å². The van der Waals surface area contributed by atoms with Crippen LogP contribution < -0.4 is 5.32 Å². The largest absolute Gasteiger partial charge is 0.322 e. The molecule has 1 saturated heterocycles. The number of benzene rings is 1. The van der Waals surface area contributed by atoms with Crippen molar-refractivity contribution in [2.75, 3.05) is 11.9 Å². The minimum Gasteiger partial charge on any atom is -0.321 e. The molecular formula is C20H26N4O. The highest BCUT2D eigenvalue weighted by Crippen LogP contribution is 2.34. The Bertz CT molecular complexity index is 689. The van der Waals surface area contributed by atoms with Gasteiger partial charge in [0.05, 0.1) is 5.69 Å². The van der Waals surface area contributed by atoms with Gasteiger partial charge in [0.15, 0.2) is 0 Å². The quantitative estimate of drug-likeness (QED) is 0.899. The van der Waals surface area contributed by atoms with Crippen LogP contribution >= 0.6 is 0 Å². The maximum Gasteiger partial charge on any atom is 0.322 e. The van der Waals surface area contributed by atoms with Crippen LogP contribution in [0.25, 0.3) is 5.69 Å². The Morgan fingerprint density at radius 1 is 1.04 bits per heavy atom. The number of nitrogens with zero attached hydrogens (tertiary/aromatic N) is 3. The predicted octanol–water partition coefficient (Wildman–Crippen LogP) is 4.45. The minimum absolute atomic E-state index is 0.0555. The van der Waals surface area contributed by atoms with Crippen molar-refractivity contribution in [3.8, 4) is 5.69 Å². The highest BCUT2D eigenvalue weighted by molar-refractivity contribution is 5.89. The van der Waals surface area contributed by atoms with Gasteiger partial charge in [-0.1, -0.05) is 19.3 Å². The summed E-state index contributed by atoms with van der Waals surface area (Å²) in [6, 6.07) is 10.2. The molecule has 5 nitrogen and oxygen atoms in total. The second-order valence-electron chi connectivity index (χ2n) is 7.23. The summed E-state index contributed by atoms with van der Waals surface area (Å²) in [5.74, 6) is 0.698. The molecule has 0 bridgehead atoms. The Morgan fingerprint density at radius 2 is 1.84 bits per heavy atom. The van der Waals surface area contributed by atoms with E-state index in [2.05, 4.69) is 15.3 Å². The van der Waals surface area contributed by atoms with Gasteiger partial charge in [0.1, 0.15) is 0 Å². The summed E-state index contributed by atoms with van der Waals surface area (Å²) in [7, 11) is 0. The fraction of sp³-hybridized carbons (Fsp3) is 0.500. The number of hydrogen-bond acceptors (Lipinski definition) is 2. The summed E-state index contributed by atoms with van der Waals surface area (Å²) in [5.41, 5.74) is 1.83. The van der Waals surface area contributed by atoms with Crippen LogP contribution in [0.2, 0.25) is 0 Å². The van der Waals surface area contributed by atoms with E-state index in [1.54, 1.807) is 6.20 Å². The number of rotatable bonds is 3. The Balaban J connectivity index is 1.40. The van der Waals surface area contributed by atoms with Gasteiger partial charge in [0.25, 0.3) is 0 Å². The van der Waals surface area contributed by atoms with Gasteiger partial charge in [-0.05, 0) is 61.9 Å². The smallest absolute Gasteiger partial charge is 0.321 e. The fourth-order valence-corrected chi connectivity index (χ4v) is 4.37. The standard InChI is InChI=1S/C20H26N4O/c25-20(23-14-4-8-19(23)16-6-2-1-3-7-16)22-17-9-11-18(12-10-17)24-15-5-13-21-24/h5,9-13,15-16,19H,1-4,6-8,14H2,(H,22,25). The third-order valence-corrected chi connectivity index (χ3v) is 5.64. The molecule has 4 rings (SSSR count). The molecule has 1 saturated carbocycles. The molecule has 1 unspecified atom stereocenters. The number of urea groups is 1. The van der Waals surface area contributed by atoms with E-state index in [4.69, 9.17) is 0 Å². The summed E-state index contributed by atoms with van der Waals surface area (Å²) in [6.45, 7) is 0.887. The zero-order valence-electron chi connectivity index (χ0n) is 14.6. The van der Waals surface area contributed by atoms with Crippen molar-refractivity contribution in [3.63, 3.8) is 0 Å². The molecule has 132 valence electrons. The van der Waals surface area contributed by atoms with Crippen LogP contribution in [0.4, 0.5) is 10.5 Å². The van der Waals surface area contributed by atoms with Gasteiger partial charge in [0, 0.05) is 30.7 Å². The molecule has 2 aliphatic rings. The summed E-state index contributed by atoms with van der Waals surface area (Å²) in [5, 5.41) is 7.31. The van der Waals surface area contributed by atoms with Gasteiger partial charge in [-0.25, -0.2) is 9.48 Å². The number of aromatic nitrogens is 2. The molecule has 1 aromatic carbocycles. The van der Waals surface area contributed by atoms with Crippen molar-refractivity contribution in [2.45, 2.75) is 51.0 Å². The van der Waals surface area contributed by atoms with Gasteiger partial charge in [-0.2, -0.15) is 5.10 Å². The molecule has 0 spiro atoms. The van der Waals surface area contributed by atoms with Crippen molar-refractivity contribution >= 4 is 11.7 Å². The number of nitrogens with one attached hydrogen (secondary N) is 1. The molecule has 2 heterocycles. The van der Waals surface area contributed by atoms with E-state index >= 15 is 0 Å². The van der Waals surface area contributed by atoms with Crippen molar-refractivity contribution in [3.05, 3.63) is 42.7 Å². The number of hydrogen-bond donors (Lipinski definition) is 1. The lowest BCUT2D eigenvalue weighted by atomic mass is 9.83. The third kappa shape index (κ3) is 3.55. The van der Waals surface area contributed by atoms with Gasteiger partial charge in [0.2, 0.25) is 0 Å². The van der Waals surface area contributed by atoms with Crippen LogP contribution in [0.15, 0.2) is 42.7 Å². The predicted molar refractivity (Wildman–Crippen MR) is 98.9 cm³/mol.